The monoisotopic (exact) mass is 459 g/mol. The minimum atomic E-state index is -0.415. The summed E-state index contributed by atoms with van der Waals surface area (Å²) in [6.07, 6.45) is 1.86. The summed E-state index contributed by atoms with van der Waals surface area (Å²) in [6.45, 7) is 9.65. The summed E-state index contributed by atoms with van der Waals surface area (Å²) in [4.78, 5) is 29.9. The molecule has 2 heterocycles. The van der Waals surface area contributed by atoms with E-state index >= 15 is 0 Å². The van der Waals surface area contributed by atoms with Crippen LogP contribution in [0.5, 0.6) is 0 Å². The van der Waals surface area contributed by atoms with Crippen molar-refractivity contribution in [1.29, 1.82) is 0 Å². The minimum Gasteiger partial charge on any atom is -0.369 e. The number of unbranched alkanes of at least 4 members (excludes halogenated alkanes) is 1. The summed E-state index contributed by atoms with van der Waals surface area (Å²) < 4.78 is 1.63. The maximum absolute atomic E-state index is 12.6. The standard InChI is InChI=1S/C27H33N5O2/c1-21-9-8-12-24(19-21)31-17-15-30(16-18-31)14-7-6-13-28-27(34)26-25(33)20-22(2)32(29-26)23-10-4-3-5-11-23/h3-5,8-12,19-20H,6-7,13-18H2,1-2H3,(H,28,34). The molecule has 0 unspecified atom stereocenters. The van der Waals surface area contributed by atoms with Gasteiger partial charge in [-0.15, -0.1) is 0 Å². The number of nitrogens with one attached hydrogen (secondary N) is 1. The van der Waals surface area contributed by atoms with Gasteiger partial charge in [-0.1, -0.05) is 30.3 Å². The van der Waals surface area contributed by atoms with Crippen molar-refractivity contribution in [3.63, 3.8) is 0 Å². The SMILES string of the molecule is Cc1cccc(N2CCN(CCCCNC(=O)c3nn(-c4ccccc4)c(C)cc3=O)CC2)c1. The van der Waals surface area contributed by atoms with E-state index in [2.05, 4.69) is 51.4 Å². The Balaban J connectivity index is 1.21. The molecule has 1 aliphatic rings. The molecule has 34 heavy (non-hydrogen) atoms. The molecule has 1 aromatic heterocycles. The first-order chi connectivity index (χ1) is 16.5. The quantitative estimate of drug-likeness (QED) is 0.524. The highest BCUT2D eigenvalue weighted by atomic mass is 16.2. The normalized spacial score (nSPS) is 14.2. The number of anilines is 1. The zero-order valence-corrected chi connectivity index (χ0v) is 20.0. The summed E-state index contributed by atoms with van der Waals surface area (Å²) >= 11 is 0. The van der Waals surface area contributed by atoms with Gasteiger partial charge >= 0.3 is 0 Å². The lowest BCUT2D eigenvalue weighted by atomic mass is 10.2. The summed E-state index contributed by atoms with van der Waals surface area (Å²) in [5, 5.41) is 7.20. The van der Waals surface area contributed by atoms with Gasteiger partial charge in [-0.3, -0.25) is 14.5 Å². The second-order valence-corrected chi connectivity index (χ2v) is 8.88. The smallest absolute Gasteiger partial charge is 0.275 e. The predicted octanol–water partition coefficient (Wildman–Crippen LogP) is 3.18. The molecule has 7 heteroatoms. The first-order valence-corrected chi connectivity index (χ1v) is 12.0. The largest absolute Gasteiger partial charge is 0.369 e. The summed E-state index contributed by atoms with van der Waals surface area (Å²) in [5.41, 5.74) is 3.68. The third kappa shape index (κ3) is 5.91. The molecule has 1 amide bonds. The minimum absolute atomic E-state index is 0.0678. The Morgan fingerprint density at radius 3 is 2.38 bits per heavy atom. The number of amides is 1. The third-order valence-electron chi connectivity index (χ3n) is 6.25. The molecular formula is C27H33N5O2. The molecule has 0 bridgehead atoms. The van der Waals surface area contributed by atoms with E-state index in [0.717, 1.165) is 51.3 Å². The number of rotatable bonds is 8. The number of hydrogen-bond acceptors (Lipinski definition) is 5. The number of carbonyl (C=O) groups excluding carboxylic acids is 1. The van der Waals surface area contributed by atoms with E-state index in [1.54, 1.807) is 4.68 Å². The van der Waals surface area contributed by atoms with Crippen molar-refractivity contribution >= 4 is 11.6 Å². The van der Waals surface area contributed by atoms with E-state index in [9.17, 15) is 9.59 Å². The maximum atomic E-state index is 12.6. The summed E-state index contributed by atoms with van der Waals surface area (Å²) in [6, 6.07) is 19.6. The number of nitrogens with zero attached hydrogens (tertiary/aromatic N) is 4. The number of carbonyl (C=O) groups is 1. The Morgan fingerprint density at radius 1 is 0.912 bits per heavy atom. The van der Waals surface area contributed by atoms with Crippen LogP contribution >= 0.6 is 0 Å². The van der Waals surface area contributed by atoms with Gasteiger partial charge in [0.15, 0.2) is 5.69 Å². The molecule has 4 rings (SSSR count). The lowest BCUT2D eigenvalue weighted by molar-refractivity contribution is 0.0944. The second kappa shape index (κ2) is 11.1. The Labute approximate surface area is 201 Å². The zero-order valence-electron chi connectivity index (χ0n) is 20.0. The van der Waals surface area contributed by atoms with Gasteiger partial charge in [0.05, 0.1) is 5.69 Å². The number of hydrogen-bond donors (Lipinski definition) is 1. The fourth-order valence-corrected chi connectivity index (χ4v) is 4.34. The summed E-state index contributed by atoms with van der Waals surface area (Å²) in [5.74, 6) is -0.415. The molecular weight excluding hydrogens is 426 g/mol. The van der Waals surface area contributed by atoms with Crippen LogP contribution in [0.3, 0.4) is 0 Å². The Bertz CT molecular complexity index is 1170. The fourth-order valence-electron chi connectivity index (χ4n) is 4.34. The highest BCUT2D eigenvalue weighted by Gasteiger charge is 2.17. The van der Waals surface area contributed by atoms with Gasteiger partial charge in [-0.05, 0) is 63.1 Å². The van der Waals surface area contributed by atoms with E-state index in [1.165, 1.54) is 17.3 Å². The van der Waals surface area contributed by atoms with Crippen LogP contribution in [0.1, 0.15) is 34.6 Å². The molecule has 0 saturated carbocycles. The van der Waals surface area contributed by atoms with Gasteiger partial charge in [0, 0.05) is 50.2 Å². The third-order valence-corrected chi connectivity index (χ3v) is 6.25. The van der Waals surface area contributed by atoms with Crippen LogP contribution in [-0.2, 0) is 0 Å². The molecule has 0 atom stereocenters. The van der Waals surface area contributed by atoms with Crippen molar-refractivity contribution in [2.24, 2.45) is 0 Å². The number of para-hydroxylation sites is 1. The molecule has 0 spiro atoms. The summed E-state index contributed by atoms with van der Waals surface area (Å²) in [7, 11) is 0. The first kappa shape index (κ1) is 23.7. The highest BCUT2D eigenvalue weighted by Crippen LogP contribution is 2.18. The lowest BCUT2D eigenvalue weighted by Crippen LogP contribution is -2.46. The Morgan fingerprint density at radius 2 is 1.65 bits per heavy atom. The molecule has 3 aromatic rings. The average molecular weight is 460 g/mol. The molecule has 178 valence electrons. The molecule has 1 saturated heterocycles. The molecule has 1 N–H and O–H groups in total. The van der Waals surface area contributed by atoms with Gasteiger partial charge in [-0.2, -0.15) is 5.10 Å². The van der Waals surface area contributed by atoms with Crippen molar-refractivity contribution in [3.05, 3.63) is 87.8 Å². The van der Waals surface area contributed by atoms with Crippen LogP contribution in [-0.4, -0.2) is 59.9 Å². The van der Waals surface area contributed by atoms with E-state index in [-0.39, 0.29) is 11.1 Å². The Hall–Kier alpha value is -3.45. The molecule has 0 radical (unpaired) electrons. The van der Waals surface area contributed by atoms with Crippen LogP contribution in [0.2, 0.25) is 0 Å². The fraction of sp³-hybridized carbons (Fsp3) is 0.370. The number of aryl methyl sites for hydroxylation is 2. The van der Waals surface area contributed by atoms with Gasteiger partial charge in [0.2, 0.25) is 5.43 Å². The van der Waals surface area contributed by atoms with Crippen molar-refractivity contribution in [1.82, 2.24) is 20.0 Å². The van der Waals surface area contributed by atoms with E-state index in [0.29, 0.717) is 12.2 Å². The van der Waals surface area contributed by atoms with E-state index in [4.69, 9.17) is 0 Å². The predicted molar refractivity (Wildman–Crippen MR) is 136 cm³/mol. The van der Waals surface area contributed by atoms with Crippen molar-refractivity contribution in [2.75, 3.05) is 44.2 Å². The lowest BCUT2D eigenvalue weighted by Gasteiger charge is -2.36. The molecule has 0 aliphatic carbocycles. The van der Waals surface area contributed by atoms with Crippen molar-refractivity contribution < 1.29 is 4.79 Å². The van der Waals surface area contributed by atoms with Gasteiger partial charge in [0.25, 0.3) is 5.91 Å². The maximum Gasteiger partial charge on any atom is 0.275 e. The van der Waals surface area contributed by atoms with Gasteiger partial charge in [0.1, 0.15) is 0 Å². The van der Waals surface area contributed by atoms with Crippen LogP contribution in [0.15, 0.2) is 65.5 Å². The van der Waals surface area contributed by atoms with Gasteiger partial charge < -0.3 is 10.2 Å². The first-order valence-electron chi connectivity index (χ1n) is 12.0. The van der Waals surface area contributed by atoms with Crippen LogP contribution in [0.25, 0.3) is 5.69 Å². The van der Waals surface area contributed by atoms with Crippen molar-refractivity contribution in [3.8, 4) is 5.69 Å². The van der Waals surface area contributed by atoms with Crippen molar-refractivity contribution in [2.45, 2.75) is 26.7 Å². The molecule has 1 aliphatic heterocycles. The number of aromatic nitrogens is 2. The van der Waals surface area contributed by atoms with Crippen LogP contribution in [0.4, 0.5) is 5.69 Å². The Kier molecular flexibility index (Phi) is 7.75. The molecule has 7 nitrogen and oxygen atoms in total. The number of benzene rings is 2. The zero-order chi connectivity index (χ0) is 23.9. The molecule has 1 fully saturated rings. The van der Waals surface area contributed by atoms with Crippen LogP contribution < -0.4 is 15.6 Å². The highest BCUT2D eigenvalue weighted by molar-refractivity contribution is 5.92. The topological polar surface area (TPSA) is 70.5 Å². The average Bonchev–Trinajstić information content (AvgIpc) is 2.85. The number of piperazine rings is 1. The van der Waals surface area contributed by atoms with Crippen LogP contribution in [0, 0.1) is 13.8 Å². The second-order valence-electron chi connectivity index (χ2n) is 8.88. The molecule has 2 aromatic carbocycles. The van der Waals surface area contributed by atoms with E-state index in [1.807, 2.05) is 37.3 Å². The van der Waals surface area contributed by atoms with E-state index < -0.39 is 5.91 Å². The van der Waals surface area contributed by atoms with Gasteiger partial charge in [-0.25, -0.2) is 4.68 Å².